The van der Waals surface area contributed by atoms with E-state index in [0.717, 1.165) is 12.0 Å². The van der Waals surface area contributed by atoms with Gasteiger partial charge in [-0.2, -0.15) is 0 Å². The van der Waals surface area contributed by atoms with Crippen LogP contribution in [-0.2, 0) is 0 Å². The molecule has 46 valence electrons. The van der Waals surface area contributed by atoms with Crippen LogP contribution in [0.3, 0.4) is 0 Å². The maximum Gasteiger partial charge on any atom is 0.0218 e. The molecule has 1 aliphatic heterocycles. The summed E-state index contributed by atoms with van der Waals surface area (Å²) in [5.74, 6) is 2.60. The molecule has 0 bridgehead atoms. The molecule has 0 radical (unpaired) electrons. The highest BCUT2D eigenvalue weighted by Crippen LogP contribution is 2.07. The molecule has 1 heteroatoms. The van der Waals surface area contributed by atoms with Crippen LogP contribution in [0, 0.1) is 12.3 Å². The van der Waals surface area contributed by atoms with Crippen molar-refractivity contribution in [2.75, 3.05) is 7.05 Å². The van der Waals surface area contributed by atoms with Crippen LogP contribution in [0.5, 0.6) is 0 Å². The van der Waals surface area contributed by atoms with Crippen LogP contribution in [0.25, 0.3) is 0 Å². The summed E-state index contributed by atoms with van der Waals surface area (Å²) in [4.78, 5) is 1.96. The summed E-state index contributed by atoms with van der Waals surface area (Å²) in [6, 6.07) is 0. The second kappa shape index (κ2) is 2.41. The summed E-state index contributed by atoms with van der Waals surface area (Å²) in [5.41, 5.74) is 1.04. The Morgan fingerprint density at radius 2 is 2.56 bits per heavy atom. The van der Waals surface area contributed by atoms with Crippen molar-refractivity contribution < 1.29 is 0 Å². The lowest BCUT2D eigenvalue weighted by atomic mass is 10.2. The van der Waals surface area contributed by atoms with Crippen molar-refractivity contribution in [3.8, 4) is 12.3 Å². The third kappa shape index (κ3) is 1.36. The first kappa shape index (κ1) is 5.97. The van der Waals surface area contributed by atoms with E-state index in [1.807, 2.05) is 24.3 Å². The largest absolute Gasteiger partial charge is 0.357 e. The first-order valence-corrected chi connectivity index (χ1v) is 2.89. The summed E-state index contributed by atoms with van der Waals surface area (Å²) in [5, 5.41) is 0. The van der Waals surface area contributed by atoms with Gasteiger partial charge < -0.3 is 4.90 Å². The zero-order valence-corrected chi connectivity index (χ0v) is 5.46. The van der Waals surface area contributed by atoms with Crippen molar-refractivity contribution in [2.45, 2.75) is 6.42 Å². The van der Waals surface area contributed by atoms with Crippen LogP contribution in [-0.4, -0.2) is 11.9 Å². The van der Waals surface area contributed by atoms with Gasteiger partial charge in [-0.1, -0.05) is 12.0 Å². The Hall–Kier alpha value is -1.16. The average Bonchev–Trinajstić information content (AvgIpc) is 1.88. The molecule has 0 spiro atoms. The van der Waals surface area contributed by atoms with E-state index in [0.29, 0.717) is 0 Å². The minimum Gasteiger partial charge on any atom is -0.357 e. The molecule has 0 atom stereocenters. The third-order valence-corrected chi connectivity index (χ3v) is 1.22. The molecule has 1 nitrogen and oxygen atoms in total. The zero-order chi connectivity index (χ0) is 6.69. The van der Waals surface area contributed by atoms with Crippen LogP contribution < -0.4 is 0 Å². The van der Waals surface area contributed by atoms with E-state index >= 15 is 0 Å². The fourth-order valence-electron chi connectivity index (χ4n) is 0.784. The van der Waals surface area contributed by atoms with E-state index in [4.69, 9.17) is 6.42 Å². The predicted molar refractivity (Wildman–Crippen MR) is 38.4 cm³/mol. The SMILES string of the molecule is C#CC1=CN(C)C=CC1. The van der Waals surface area contributed by atoms with Crippen molar-refractivity contribution in [1.82, 2.24) is 4.90 Å². The molecule has 0 amide bonds. The van der Waals surface area contributed by atoms with Crippen LogP contribution in [0.4, 0.5) is 0 Å². The minimum atomic E-state index is 0.904. The molecule has 0 fully saturated rings. The summed E-state index contributed by atoms with van der Waals surface area (Å²) < 4.78 is 0. The first-order valence-electron chi connectivity index (χ1n) is 2.89. The highest BCUT2D eigenvalue weighted by Gasteiger charge is 1.95. The van der Waals surface area contributed by atoms with Gasteiger partial charge >= 0.3 is 0 Å². The fraction of sp³-hybridized carbons (Fsp3) is 0.250. The molecule has 0 saturated carbocycles. The van der Waals surface area contributed by atoms with Crippen molar-refractivity contribution >= 4 is 0 Å². The van der Waals surface area contributed by atoms with Gasteiger partial charge in [0.1, 0.15) is 0 Å². The van der Waals surface area contributed by atoms with Gasteiger partial charge in [-0.05, 0) is 6.20 Å². The summed E-state index contributed by atoms with van der Waals surface area (Å²) in [7, 11) is 1.97. The molecule has 0 saturated heterocycles. The Labute approximate surface area is 55.7 Å². The van der Waals surface area contributed by atoms with Crippen LogP contribution in [0.15, 0.2) is 24.0 Å². The van der Waals surface area contributed by atoms with Crippen molar-refractivity contribution in [3.63, 3.8) is 0 Å². The Morgan fingerprint density at radius 3 is 3.00 bits per heavy atom. The third-order valence-electron chi connectivity index (χ3n) is 1.22. The van der Waals surface area contributed by atoms with Crippen molar-refractivity contribution in [1.29, 1.82) is 0 Å². The lowest BCUT2D eigenvalue weighted by molar-refractivity contribution is 0.607. The van der Waals surface area contributed by atoms with E-state index in [1.165, 1.54) is 0 Å². The summed E-state index contributed by atoms with van der Waals surface area (Å²) in [6.45, 7) is 0. The Kier molecular flexibility index (Phi) is 1.60. The molecule has 0 N–H and O–H groups in total. The molecular formula is C8H9N. The van der Waals surface area contributed by atoms with Crippen LogP contribution in [0.2, 0.25) is 0 Å². The number of allylic oxidation sites excluding steroid dienone is 2. The lowest BCUT2D eigenvalue weighted by Crippen LogP contribution is -2.04. The Bertz CT molecular complexity index is 193. The molecule has 0 aromatic carbocycles. The zero-order valence-electron chi connectivity index (χ0n) is 5.46. The molecule has 0 aromatic heterocycles. The predicted octanol–water partition coefficient (Wildman–Crippen LogP) is 1.35. The quantitative estimate of drug-likeness (QED) is 0.435. The van der Waals surface area contributed by atoms with Gasteiger partial charge in [0, 0.05) is 25.2 Å². The second-order valence-electron chi connectivity index (χ2n) is 2.05. The summed E-state index contributed by atoms with van der Waals surface area (Å²) in [6.07, 6.45) is 12.1. The molecule has 1 rings (SSSR count). The minimum absolute atomic E-state index is 0.904. The van der Waals surface area contributed by atoms with E-state index in [-0.39, 0.29) is 0 Å². The smallest absolute Gasteiger partial charge is 0.0218 e. The number of nitrogens with zero attached hydrogens (tertiary/aromatic N) is 1. The normalized spacial score (nSPS) is 16.9. The lowest BCUT2D eigenvalue weighted by Gasteiger charge is -2.12. The van der Waals surface area contributed by atoms with Crippen molar-refractivity contribution in [3.05, 3.63) is 24.0 Å². The molecule has 1 heterocycles. The van der Waals surface area contributed by atoms with Crippen LogP contribution >= 0.6 is 0 Å². The average molecular weight is 119 g/mol. The maximum absolute atomic E-state index is 5.19. The van der Waals surface area contributed by atoms with Gasteiger partial charge in [-0.15, -0.1) is 6.42 Å². The van der Waals surface area contributed by atoms with Gasteiger partial charge in [0.05, 0.1) is 0 Å². The highest BCUT2D eigenvalue weighted by molar-refractivity contribution is 5.29. The molecule has 0 aliphatic carbocycles. The Morgan fingerprint density at radius 1 is 1.78 bits per heavy atom. The van der Waals surface area contributed by atoms with Gasteiger partial charge in [0.15, 0.2) is 0 Å². The van der Waals surface area contributed by atoms with Gasteiger partial charge in [-0.25, -0.2) is 0 Å². The van der Waals surface area contributed by atoms with Gasteiger partial charge in [-0.3, -0.25) is 0 Å². The van der Waals surface area contributed by atoms with E-state index in [1.54, 1.807) is 0 Å². The molecule has 0 aromatic rings. The van der Waals surface area contributed by atoms with Gasteiger partial charge in [0.2, 0.25) is 0 Å². The number of hydrogen-bond donors (Lipinski definition) is 0. The van der Waals surface area contributed by atoms with E-state index < -0.39 is 0 Å². The number of hydrogen-bond acceptors (Lipinski definition) is 1. The maximum atomic E-state index is 5.19. The standard InChI is InChI=1S/C8H9N/c1-3-8-5-4-6-9(2)7-8/h1,4,6-7H,5H2,2H3. The molecule has 0 unspecified atom stereocenters. The summed E-state index contributed by atoms with van der Waals surface area (Å²) >= 11 is 0. The molecule has 9 heavy (non-hydrogen) atoms. The Balaban J connectivity index is 2.69. The fourth-order valence-corrected chi connectivity index (χ4v) is 0.784. The van der Waals surface area contributed by atoms with Gasteiger partial charge in [0.25, 0.3) is 0 Å². The monoisotopic (exact) mass is 119 g/mol. The number of rotatable bonds is 0. The number of terminal acetylenes is 1. The molecule has 1 aliphatic rings. The topological polar surface area (TPSA) is 3.24 Å². The first-order chi connectivity index (χ1) is 4.33. The van der Waals surface area contributed by atoms with E-state index in [9.17, 15) is 0 Å². The van der Waals surface area contributed by atoms with E-state index in [2.05, 4.69) is 12.0 Å². The molecular weight excluding hydrogens is 110 g/mol. The second-order valence-corrected chi connectivity index (χ2v) is 2.05. The highest BCUT2D eigenvalue weighted by atomic mass is 15.0. The van der Waals surface area contributed by atoms with Crippen molar-refractivity contribution in [2.24, 2.45) is 0 Å². The van der Waals surface area contributed by atoms with Crippen LogP contribution in [0.1, 0.15) is 6.42 Å².